The molecular weight excluding hydrogens is 326 g/mol. The predicted octanol–water partition coefficient (Wildman–Crippen LogP) is 2.64. The van der Waals surface area contributed by atoms with Crippen LogP contribution in [0.2, 0.25) is 0 Å². The quantitative estimate of drug-likeness (QED) is 0.821. The summed E-state index contributed by atoms with van der Waals surface area (Å²) in [7, 11) is 0. The van der Waals surface area contributed by atoms with Crippen LogP contribution in [0.1, 0.15) is 44.1 Å². The molecule has 144 valence electrons. The monoisotopic (exact) mass is 359 g/mol. The molecule has 26 heavy (non-hydrogen) atoms. The Morgan fingerprint density at radius 2 is 1.85 bits per heavy atom. The smallest absolute Gasteiger partial charge is 0.317 e. The molecule has 2 saturated heterocycles. The first kappa shape index (κ1) is 19.2. The van der Waals surface area contributed by atoms with Crippen molar-refractivity contribution in [2.45, 2.75) is 57.0 Å². The zero-order valence-corrected chi connectivity index (χ0v) is 15.8. The number of hydrogen-bond donors (Lipinski definition) is 2. The van der Waals surface area contributed by atoms with Gasteiger partial charge in [-0.05, 0) is 50.5 Å². The van der Waals surface area contributed by atoms with E-state index in [0.29, 0.717) is 6.04 Å². The van der Waals surface area contributed by atoms with Crippen LogP contribution in [0.3, 0.4) is 0 Å². The van der Waals surface area contributed by atoms with Gasteiger partial charge in [0.25, 0.3) is 0 Å². The summed E-state index contributed by atoms with van der Waals surface area (Å²) >= 11 is 0. The molecule has 1 unspecified atom stereocenters. The summed E-state index contributed by atoms with van der Waals surface area (Å²) < 4.78 is 0. The molecule has 1 atom stereocenters. The minimum Gasteiger partial charge on any atom is -0.395 e. The number of rotatable bonds is 6. The predicted molar refractivity (Wildman–Crippen MR) is 104 cm³/mol. The molecule has 3 rings (SSSR count). The maximum absolute atomic E-state index is 12.9. The normalized spacial score (nSPS) is 22.3. The largest absolute Gasteiger partial charge is 0.395 e. The molecule has 2 fully saturated rings. The van der Waals surface area contributed by atoms with Crippen LogP contribution in [-0.4, -0.2) is 65.8 Å². The van der Waals surface area contributed by atoms with E-state index in [2.05, 4.69) is 45.4 Å². The maximum Gasteiger partial charge on any atom is 0.317 e. The van der Waals surface area contributed by atoms with E-state index in [1.54, 1.807) is 0 Å². The second-order valence-corrected chi connectivity index (χ2v) is 7.66. The van der Waals surface area contributed by atoms with Crippen LogP contribution in [0.15, 0.2) is 30.3 Å². The number of β-amino-alcohol motifs (C(OH)–C–C–N with tert-alkyl or cyclic N) is 1. The minimum absolute atomic E-state index is 0.128. The molecule has 1 aromatic rings. The lowest BCUT2D eigenvalue weighted by Crippen LogP contribution is -2.53. The second kappa shape index (κ2) is 9.93. The van der Waals surface area contributed by atoms with Gasteiger partial charge >= 0.3 is 6.03 Å². The van der Waals surface area contributed by atoms with Crippen molar-refractivity contribution in [1.29, 1.82) is 0 Å². The highest BCUT2D eigenvalue weighted by Crippen LogP contribution is 2.22. The zero-order valence-electron chi connectivity index (χ0n) is 15.8. The van der Waals surface area contributed by atoms with Crippen molar-refractivity contribution in [3.05, 3.63) is 35.9 Å². The second-order valence-electron chi connectivity index (χ2n) is 7.66. The van der Waals surface area contributed by atoms with Crippen molar-refractivity contribution in [3.8, 4) is 0 Å². The highest BCUT2D eigenvalue weighted by Gasteiger charge is 2.28. The van der Waals surface area contributed by atoms with Crippen molar-refractivity contribution in [2.75, 3.05) is 32.8 Å². The van der Waals surface area contributed by atoms with Gasteiger partial charge in [0.05, 0.1) is 6.61 Å². The first-order valence-electron chi connectivity index (χ1n) is 10.2. The van der Waals surface area contributed by atoms with E-state index in [-0.39, 0.29) is 18.7 Å². The number of urea groups is 1. The molecule has 0 radical (unpaired) electrons. The first-order valence-corrected chi connectivity index (χ1v) is 10.2. The number of likely N-dealkylation sites (tertiary alicyclic amines) is 2. The van der Waals surface area contributed by atoms with Crippen molar-refractivity contribution in [2.24, 2.45) is 0 Å². The fraction of sp³-hybridized carbons (Fsp3) is 0.667. The summed E-state index contributed by atoms with van der Waals surface area (Å²) in [4.78, 5) is 17.2. The van der Waals surface area contributed by atoms with Crippen LogP contribution in [0.5, 0.6) is 0 Å². The van der Waals surface area contributed by atoms with Gasteiger partial charge in [0.15, 0.2) is 0 Å². The van der Waals surface area contributed by atoms with E-state index >= 15 is 0 Å². The molecule has 0 bridgehead atoms. The number of hydrogen-bond acceptors (Lipinski definition) is 3. The molecule has 0 spiro atoms. The summed E-state index contributed by atoms with van der Waals surface area (Å²) in [5.74, 6) is 0. The fourth-order valence-corrected chi connectivity index (χ4v) is 4.25. The zero-order chi connectivity index (χ0) is 18.2. The number of aliphatic hydroxyl groups excluding tert-OH is 1. The molecule has 2 heterocycles. The van der Waals surface area contributed by atoms with Crippen molar-refractivity contribution in [3.63, 3.8) is 0 Å². The molecule has 2 aliphatic rings. The number of aliphatic hydroxyl groups is 1. The van der Waals surface area contributed by atoms with Crippen molar-refractivity contribution < 1.29 is 9.90 Å². The summed E-state index contributed by atoms with van der Waals surface area (Å²) in [6, 6.07) is 11.3. The molecule has 5 heteroatoms. The highest BCUT2D eigenvalue weighted by atomic mass is 16.3. The summed E-state index contributed by atoms with van der Waals surface area (Å²) in [5.41, 5.74) is 1.36. The van der Waals surface area contributed by atoms with E-state index in [4.69, 9.17) is 5.11 Å². The fourth-order valence-electron chi connectivity index (χ4n) is 4.25. The van der Waals surface area contributed by atoms with Crippen molar-refractivity contribution >= 4 is 6.03 Å². The van der Waals surface area contributed by atoms with Crippen LogP contribution < -0.4 is 5.32 Å². The third-order valence-electron chi connectivity index (χ3n) is 5.83. The first-order chi connectivity index (χ1) is 12.8. The Morgan fingerprint density at radius 3 is 2.58 bits per heavy atom. The van der Waals surface area contributed by atoms with Crippen LogP contribution in [-0.2, 0) is 6.42 Å². The minimum atomic E-state index is 0.128. The van der Waals surface area contributed by atoms with E-state index in [1.807, 2.05) is 0 Å². The average molecular weight is 360 g/mol. The van der Waals surface area contributed by atoms with Crippen LogP contribution in [0.25, 0.3) is 0 Å². The Morgan fingerprint density at radius 1 is 1.08 bits per heavy atom. The summed E-state index contributed by atoms with van der Waals surface area (Å²) in [6.07, 6.45) is 7.51. The van der Waals surface area contributed by atoms with Crippen molar-refractivity contribution in [1.82, 2.24) is 15.1 Å². The van der Waals surface area contributed by atoms with Gasteiger partial charge in [0.1, 0.15) is 0 Å². The van der Waals surface area contributed by atoms with Gasteiger partial charge in [-0.15, -0.1) is 0 Å². The van der Waals surface area contributed by atoms with Crippen LogP contribution >= 0.6 is 0 Å². The summed E-state index contributed by atoms with van der Waals surface area (Å²) in [6.45, 7) is 3.77. The van der Waals surface area contributed by atoms with Gasteiger partial charge in [-0.1, -0.05) is 30.3 Å². The number of benzene rings is 1. The number of nitrogens with one attached hydrogen (secondary N) is 1. The standard InChI is InChI=1S/C21H33N3O2/c25-17-16-23-14-11-19(12-15-23)22-21(26)24-13-5-4-8-20(24)10-9-18-6-2-1-3-7-18/h1-3,6-7,19-20,25H,4-5,8-17H2,(H,22,26). The van der Waals surface area contributed by atoms with Gasteiger partial charge in [0.2, 0.25) is 0 Å². The Hall–Kier alpha value is -1.59. The topological polar surface area (TPSA) is 55.8 Å². The Balaban J connectivity index is 1.48. The summed E-state index contributed by atoms with van der Waals surface area (Å²) in [5, 5.41) is 12.3. The van der Waals surface area contributed by atoms with Gasteiger partial charge in [-0.2, -0.15) is 0 Å². The van der Waals surface area contributed by atoms with E-state index < -0.39 is 0 Å². The molecule has 0 saturated carbocycles. The Bertz CT molecular complexity index is 543. The third kappa shape index (κ3) is 5.45. The number of amides is 2. The molecule has 1 aromatic carbocycles. The van der Waals surface area contributed by atoms with Crippen LogP contribution in [0, 0.1) is 0 Å². The number of nitrogens with zero attached hydrogens (tertiary/aromatic N) is 2. The average Bonchev–Trinajstić information content (AvgIpc) is 2.69. The van der Waals surface area contributed by atoms with Gasteiger partial charge in [0, 0.05) is 38.3 Å². The number of carbonyl (C=O) groups excluding carboxylic acids is 1. The Kier molecular flexibility index (Phi) is 7.32. The number of aryl methyl sites for hydroxylation is 1. The molecule has 2 N–H and O–H groups in total. The van der Waals surface area contributed by atoms with Crippen LogP contribution in [0.4, 0.5) is 4.79 Å². The molecule has 2 aliphatic heterocycles. The van der Waals surface area contributed by atoms with Gasteiger partial charge < -0.3 is 20.2 Å². The molecule has 0 aromatic heterocycles. The van der Waals surface area contributed by atoms with Gasteiger partial charge in [-0.25, -0.2) is 4.79 Å². The molecular formula is C21H33N3O2. The molecule has 0 aliphatic carbocycles. The lowest BCUT2D eigenvalue weighted by molar-refractivity contribution is 0.130. The molecule has 2 amide bonds. The van der Waals surface area contributed by atoms with Gasteiger partial charge in [-0.3, -0.25) is 0 Å². The SMILES string of the molecule is O=C(NC1CCN(CCO)CC1)N1CCCCC1CCc1ccccc1. The number of carbonyl (C=O) groups is 1. The highest BCUT2D eigenvalue weighted by molar-refractivity contribution is 5.75. The van der Waals surface area contributed by atoms with E-state index in [1.165, 1.54) is 12.0 Å². The lowest BCUT2D eigenvalue weighted by Gasteiger charge is -2.38. The molecule has 5 nitrogen and oxygen atoms in total. The Labute approximate surface area is 157 Å². The number of piperidine rings is 2. The van der Waals surface area contributed by atoms with E-state index in [9.17, 15) is 4.79 Å². The maximum atomic E-state index is 12.9. The van der Waals surface area contributed by atoms with E-state index in [0.717, 1.165) is 64.7 Å². The lowest BCUT2D eigenvalue weighted by atomic mass is 9.96. The third-order valence-corrected chi connectivity index (χ3v) is 5.83.